The van der Waals surface area contributed by atoms with E-state index in [1.54, 1.807) is 17.5 Å². The first-order chi connectivity index (χ1) is 14.2. The van der Waals surface area contributed by atoms with E-state index in [0.29, 0.717) is 24.4 Å². The second-order valence-electron chi connectivity index (χ2n) is 7.34. The molecule has 0 aliphatic heterocycles. The third kappa shape index (κ3) is 4.91. The zero-order valence-electron chi connectivity index (χ0n) is 16.6. The number of nitrogens with zero attached hydrogens (tertiary/aromatic N) is 5. The van der Waals surface area contributed by atoms with Gasteiger partial charge in [-0.15, -0.1) is 21.5 Å². The third-order valence-electron chi connectivity index (χ3n) is 5.07. The van der Waals surface area contributed by atoms with Crippen LogP contribution in [0.25, 0.3) is 10.8 Å². The number of aromatic nitrogens is 4. The summed E-state index contributed by atoms with van der Waals surface area (Å²) < 4.78 is 7.74. The highest BCUT2D eigenvalue weighted by Gasteiger charge is 2.21. The summed E-state index contributed by atoms with van der Waals surface area (Å²) in [4.78, 5) is 15.7. The fourth-order valence-corrected chi connectivity index (χ4v) is 4.42. The number of thiophene rings is 1. The van der Waals surface area contributed by atoms with Crippen LogP contribution in [0.5, 0.6) is 0 Å². The summed E-state index contributed by atoms with van der Waals surface area (Å²) in [5, 5.41) is 17.7. The first-order valence-corrected chi connectivity index (χ1v) is 11.0. The van der Waals surface area contributed by atoms with Crippen LogP contribution in [0.15, 0.2) is 34.2 Å². The number of amides is 1. The minimum absolute atomic E-state index is 0.0591. The van der Waals surface area contributed by atoms with Gasteiger partial charge in [0, 0.05) is 6.07 Å². The van der Waals surface area contributed by atoms with Gasteiger partial charge < -0.3 is 9.73 Å². The van der Waals surface area contributed by atoms with Crippen molar-refractivity contribution >= 4 is 23.1 Å². The summed E-state index contributed by atoms with van der Waals surface area (Å²) in [5.74, 6) is 1.76. The third-order valence-corrected chi connectivity index (χ3v) is 5.93. The first-order valence-electron chi connectivity index (χ1n) is 10.1. The molecule has 8 nitrogen and oxygen atoms in total. The molecular weight excluding hydrogens is 388 g/mol. The molecule has 154 valence electrons. The Bertz CT molecular complexity index is 913. The smallest absolute Gasteiger partial charge is 0.257 e. The van der Waals surface area contributed by atoms with Crippen molar-refractivity contribution in [1.29, 1.82) is 0 Å². The number of nitrogens with one attached hydrogen (secondary N) is 1. The molecule has 1 fully saturated rings. The van der Waals surface area contributed by atoms with E-state index in [4.69, 9.17) is 4.42 Å². The molecule has 1 amide bonds. The Morgan fingerprint density at radius 3 is 2.97 bits per heavy atom. The normalized spacial score (nSPS) is 14.7. The van der Waals surface area contributed by atoms with E-state index in [1.807, 2.05) is 33.2 Å². The van der Waals surface area contributed by atoms with Gasteiger partial charge >= 0.3 is 0 Å². The molecule has 0 bridgehead atoms. The molecule has 0 atom stereocenters. The zero-order valence-corrected chi connectivity index (χ0v) is 17.4. The van der Waals surface area contributed by atoms with Gasteiger partial charge in [0.05, 0.1) is 30.2 Å². The first kappa shape index (κ1) is 19.8. The highest BCUT2D eigenvalue weighted by molar-refractivity contribution is 7.13. The lowest BCUT2D eigenvalue weighted by molar-refractivity contribution is -0.117. The monoisotopic (exact) mass is 414 g/mol. The molecule has 3 heterocycles. The standard InChI is InChI=1S/C20H26N6O2S/c1-2-11-25(14-19-23-24-20(28-19)16-8-5-12-29-16)13-18(27)22-17-9-10-21-26(17)15-6-3-4-7-15/h5,8-10,12,15H,2-4,6-7,11,13-14H2,1H3,(H,22,27). The molecule has 1 saturated carbocycles. The van der Waals surface area contributed by atoms with Gasteiger partial charge in [0.1, 0.15) is 5.82 Å². The largest absolute Gasteiger partial charge is 0.419 e. The van der Waals surface area contributed by atoms with Gasteiger partial charge in [-0.1, -0.05) is 25.8 Å². The van der Waals surface area contributed by atoms with Gasteiger partial charge in [0.2, 0.25) is 11.8 Å². The number of anilines is 1. The summed E-state index contributed by atoms with van der Waals surface area (Å²) >= 11 is 1.56. The summed E-state index contributed by atoms with van der Waals surface area (Å²) in [5.41, 5.74) is 0. The topological polar surface area (TPSA) is 89.1 Å². The molecule has 9 heteroatoms. The van der Waals surface area contributed by atoms with E-state index in [1.165, 1.54) is 12.8 Å². The molecule has 1 aliphatic rings. The quantitative estimate of drug-likeness (QED) is 0.570. The minimum Gasteiger partial charge on any atom is -0.419 e. The molecule has 3 aromatic heterocycles. The summed E-state index contributed by atoms with van der Waals surface area (Å²) in [7, 11) is 0. The van der Waals surface area contributed by atoms with Crippen LogP contribution in [-0.2, 0) is 11.3 Å². The summed E-state index contributed by atoms with van der Waals surface area (Å²) in [6, 6.07) is 6.16. The van der Waals surface area contributed by atoms with Crippen molar-refractivity contribution in [1.82, 2.24) is 24.9 Å². The van der Waals surface area contributed by atoms with E-state index in [2.05, 4.69) is 27.5 Å². The average molecular weight is 415 g/mol. The lowest BCUT2D eigenvalue weighted by Gasteiger charge is -2.20. The minimum atomic E-state index is -0.0591. The van der Waals surface area contributed by atoms with Crippen molar-refractivity contribution in [3.05, 3.63) is 35.7 Å². The fraction of sp³-hybridized carbons (Fsp3) is 0.500. The highest BCUT2D eigenvalue weighted by atomic mass is 32.1. The maximum Gasteiger partial charge on any atom is 0.257 e. The molecule has 0 unspecified atom stereocenters. The fourth-order valence-electron chi connectivity index (χ4n) is 3.78. The van der Waals surface area contributed by atoms with E-state index >= 15 is 0 Å². The van der Waals surface area contributed by atoms with Gasteiger partial charge in [-0.2, -0.15) is 5.10 Å². The lowest BCUT2D eigenvalue weighted by atomic mass is 10.2. The van der Waals surface area contributed by atoms with Gasteiger partial charge in [-0.3, -0.25) is 9.69 Å². The predicted molar refractivity (Wildman–Crippen MR) is 112 cm³/mol. The van der Waals surface area contributed by atoms with Crippen LogP contribution in [0.2, 0.25) is 0 Å². The van der Waals surface area contributed by atoms with Crippen LogP contribution in [0, 0.1) is 0 Å². The Hall–Kier alpha value is -2.52. The van der Waals surface area contributed by atoms with Gasteiger partial charge in [-0.25, -0.2) is 4.68 Å². The van der Waals surface area contributed by atoms with Gasteiger partial charge in [-0.05, 0) is 37.3 Å². The van der Waals surface area contributed by atoms with Crippen LogP contribution in [0.3, 0.4) is 0 Å². The van der Waals surface area contributed by atoms with E-state index < -0.39 is 0 Å². The van der Waals surface area contributed by atoms with E-state index in [0.717, 1.165) is 36.5 Å². The second kappa shape index (κ2) is 9.32. The van der Waals surface area contributed by atoms with E-state index in [-0.39, 0.29) is 12.5 Å². The van der Waals surface area contributed by atoms with Crippen molar-refractivity contribution in [2.24, 2.45) is 0 Å². The Morgan fingerprint density at radius 1 is 1.34 bits per heavy atom. The maximum atomic E-state index is 12.7. The highest BCUT2D eigenvalue weighted by Crippen LogP contribution is 2.31. The molecule has 0 radical (unpaired) electrons. The van der Waals surface area contributed by atoms with Crippen molar-refractivity contribution in [3.63, 3.8) is 0 Å². The van der Waals surface area contributed by atoms with E-state index in [9.17, 15) is 4.79 Å². The van der Waals surface area contributed by atoms with Gasteiger partial charge in [0.15, 0.2) is 0 Å². The SMILES string of the molecule is CCCN(CC(=O)Nc1ccnn1C1CCCC1)Cc1nnc(-c2cccs2)o1. The molecule has 0 saturated heterocycles. The van der Waals surface area contributed by atoms with Crippen LogP contribution >= 0.6 is 11.3 Å². The van der Waals surface area contributed by atoms with Crippen LogP contribution in [-0.4, -0.2) is 43.9 Å². The number of hydrogen-bond acceptors (Lipinski definition) is 7. The van der Waals surface area contributed by atoms with Crippen molar-refractivity contribution in [2.45, 2.75) is 51.6 Å². The Morgan fingerprint density at radius 2 is 2.21 bits per heavy atom. The van der Waals surface area contributed by atoms with Crippen molar-refractivity contribution in [3.8, 4) is 10.8 Å². The second-order valence-corrected chi connectivity index (χ2v) is 8.28. The molecule has 1 N–H and O–H groups in total. The number of carbonyl (C=O) groups is 1. The molecular formula is C20H26N6O2S. The van der Waals surface area contributed by atoms with Crippen LogP contribution < -0.4 is 5.32 Å². The van der Waals surface area contributed by atoms with Crippen LogP contribution in [0.1, 0.15) is 51.0 Å². The number of carbonyl (C=O) groups excluding carboxylic acids is 1. The Kier molecular flexibility index (Phi) is 6.36. The molecule has 0 spiro atoms. The maximum absolute atomic E-state index is 12.7. The molecule has 4 rings (SSSR count). The Balaban J connectivity index is 1.37. The Labute approximate surface area is 173 Å². The molecule has 1 aliphatic carbocycles. The van der Waals surface area contributed by atoms with Crippen LogP contribution in [0.4, 0.5) is 5.82 Å². The molecule has 29 heavy (non-hydrogen) atoms. The molecule has 0 aromatic carbocycles. The summed E-state index contributed by atoms with van der Waals surface area (Å²) in [6.45, 7) is 3.57. The lowest BCUT2D eigenvalue weighted by Crippen LogP contribution is -2.34. The average Bonchev–Trinajstić information content (AvgIpc) is 3.48. The summed E-state index contributed by atoms with van der Waals surface area (Å²) in [6.07, 6.45) is 7.37. The van der Waals surface area contributed by atoms with Crippen molar-refractivity contribution < 1.29 is 9.21 Å². The van der Waals surface area contributed by atoms with Gasteiger partial charge in [0.25, 0.3) is 5.89 Å². The van der Waals surface area contributed by atoms with Crippen molar-refractivity contribution in [2.75, 3.05) is 18.4 Å². The number of hydrogen-bond donors (Lipinski definition) is 1. The number of rotatable bonds is 9. The predicted octanol–water partition coefficient (Wildman–Crippen LogP) is 3.96. The molecule has 3 aromatic rings. The zero-order chi connectivity index (χ0) is 20.1.